The average Bonchev–Trinajstić information content (AvgIpc) is 3.46. The highest BCUT2D eigenvalue weighted by atomic mass is 35.5. The van der Waals surface area contributed by atoms with Crippen molar-refractivity contribution >= 4 is 29.5 Å². The molecule has 1 aliphatic carbocycles. The summed E-state index contributed by atoms with van der Waals surface area (Å²) in [5.74, 6) is 1.20. The molecule has 0 heterocycles. The summed E-state index contributed by atoms with van der Waals surface area (Å²) in [5.41, 5.74) is 2.37. The van der Waals surface area contributed by atoms with Crippen LogP contribution in [0.4, 0.5) is 5.69 Å². The van der Waals surface area contributed by atoms with E-state index in [2.05, 4.69) is 5.32 Å². The third-order valence-corrected chi connectivity index (χ3v) is 4.67. The topological polar surface area (TPSA) is 64.6 Å². The van der Waals surface area contributed by atoms with Crippen LogP contribution in [-0.4, -0.2) is 25.4 Å². The second-order valence-corrected chi connectivity index (χ2v) is 7.02. The normalized spacial score (nSPS) is 13.1. The third kappa shape index (κ3) is 4.80. The molecule has 142 valence electrons. The van der Waals surface area contributed by atoms with Gasteiger partial charge in [0, 0.05) is 16.8 Å². The lowest BCUT2D eigenvalue weighted by Crippen LogP contribution is -2.13. The van der Waals surface area contributed by atoms with Crippen LogP contribution in [0.25, 0.3) is 0 Å². The van der Waals surface area contributed by atoms with Crippen LogP contribution in [0.3, 0.4) is 0 Å². The van der Waals surface area contributed by atoms with Crippen molar-refractivity contribution in [3.63, 3.8) is 0 Å². The van der Waals surface area contributed by atoms with Crippen LogP contribution in [0.1, 0.15) is 46.0 Å². The zero-order chi connectivity index (χ0) is 19.4. The first-order valence-electron chi connectivity index (χ1n) is 8.98. The predicted molar refractivity (Wildman–Crippen MR) is 105 cm³/mol. The molecule has 0 atom stereocenters. The number of aryl methyl sites for hydroxylation is 1. The van der Waals surface area contributed by atoms with E-state index >= 15 is 0 Å². The molecule has 1 fully saturated rings. The van der Waals surface area contributed by atoms with E-state index in [-0.39, 0.29) is 5.91 Å². The first kappa shape index (κ1) is 19.2. The minimum absolute atomic E-state index is 0.311. The fraction of sp³-hybridized carbons (Fsp3) is 0.333. The minimum atomic E-state index is -0.311. The van der Waals surface area contributed by atoms with E-state index in [0.29, 0.717) is 52.5 Å². The smallest absolute Gasteiger partial charge is 0.255 e. The Morgan fingerprint density at radius 3 is 2.67 bits per heavy atom. The number of hydrogen-bond donors (Lipinski definition) is 1. The van der Waals surface area contributed by atoms with Gasteiger partial charge in [-0.15, -0.1) is 0 Å². The Labute approximate surface area is 163 Å². The Morgan fingerprint density at radius 1 is 1.26 bits per heavy atom. The third-order valence-electron chi connectivity index (χ3n) is 4.39. The van der Waals surface area contributed by atoms with Crippen molar-refractivity contribution in [1.82, 2.24) is 0 Å². The Hall–Kier alpha value is -2.53. The lowest BCUT2D eigenvalue weighted by atomic mass is 10.1. The fourth-order valence-corrected chi connectivity index (χ4v) is 2.94. The molecule has 1 saturated carbocycles. The SMILES string of the molecule is CCOc1c(Cl)cc(C(=O)Nc2ccc(C=O)c(C)c2)cc1OCC1CC1. The molecule has 2 aromatic carbocycles. The van der Waals surface area contributed by atoms with Crippen LogP contribution in [-0.2, 0) is 0 Å². The van der Waals surface area contributed by atoms with Gasteiger partial charge in [0.05, 0.1) is 18.2 Å². The second-order valence-electron chi connectivity index (χ2n) is 6.62. The largest absolute Gasteiger partial charge is 0.489 e. The summed E-state index contributed by atoms with van der Waals surface area (Å²) in [7, 11) is 0. The van der Waals surface area contributed by atoms with E-state index in [4.69, 9.17) is 21.1 Å². The molecule has 6 heteroatoms. The molecule has 0 bridgehead atoms. The van der Waals surface area contributed by atoms with Crippen LogP contribution < -0.4 is 14.8 Å². The summed E-state index contributed by atoms with van der Waals surface area (Å²) < 4.78 is 11.4. The molecule has 27 heavy (non-hydrogen) atoms. The molecule has 1 aliphatic rings. The van der Waals surface area contributed by atoms with Crippen LogP contribution in [0.2, 0.25) is 5.02 Å². The monoisotopic (exact) mass is 387 g/mol. The molecular weight excluding hydrogens is 366 g/mol. The Bertz CT molecular complexity index is 862. The summed E-state index contributed by atoms with van der Waals surface area (Å²) in [6, 6.07) is 8.34. The van der Waals surface area contributed by atoms with Gasteiger partial charge in [0.1, 0.15) is 6.29 Å². The molecule has 0 aromatic heterocycles. The maximum Gasteiger partial charge on any atom is 0.255 e. The highest BCUT2D eigenvalue weighted by Crippen LogP contribution is 2.38. The number of hydrogen-bond acceptors (Lipinski definition) is 4. The molecule has 0 radical (unpaired) electrons. The van der Waals surface area contributed by atoms with Crippen LogP contribution >= 0.6 is 11.6 Å². The van der Waals surface area contributed by atoms with Gasteiger partial charge in [0.25, 0.3) is 5.91 Å². The Balaban J connectivity index is 1.82. The number of aldehydes is 1. The van der Waals surface area contributed by atoms with E-state index in [1.165, 1.54) is 0 Å². The number of benzene rings is 2. The molecule has 0 spiro atoms. The van der Waals surface area contributed by atoms with Crippen molar-refractivity contribution in [2.75, 3.05) is 18.5 Å². The Kier molecular flexibility index (Phi) is 6.01. The van der Waals surface area contributed by atoms with Gasteiger partial charge in [0.2, 0.25) is 0 Å². The number of anilines is 1. The molecule has 0 saturated heterocycles. The van der Waals surface area contributed by atoms with Crippen molar-refractivity contribution in [2.24, 2.45) is 5.92 Å². The lowest BCUT2D eigenvalue weighted by molar-refractivity contribution is 0.102. The maximum absolute atomic E-state index is 12.7. The molecule has 0 unspecified atom stereocenters. The van der Waals surface area contributed by atoms with Crippen LogP contribution in [0.15, 0.2) is 30.3 Å². The number of rotatable bonds is 8. The summed E-state index contributed by atoms with van der Waals surface area (Å²) in [6.45, 7) is 4.73. The summed E-state index contributed by atoms with van der Waals surface area (Å²) >= 11 is 6.33. The first-order valence-corrected chi connectivity index (χ1v) is 9.36. The predicted octanol–water partition coefficient (Wildman–Crippen LogP) is 4.90. The standard InChI is InChI=1S/C21H22ClNO4/c1-3-26-20-18(22)9-16(10-19(20)27-12-14-4-5-14)21(25)23-17-7-6-15(11-24)13(2)8-17/h6-11,14H,3-5,12H2,1-2H3,(H,23,25). The van der Waals surface area contributed by atoms with Gasteiger partial charge in [-0.05, 0) is 68.5 Å². The highest BCUT2D eigenvalue weighted by Gasteiger charge is 2.24. The summed E-state index contributed by atoms with van der Waals surface area (Å²) in [4.78, 5) is 23.6. The second kappa shape index (κ2) is 8.44. The van der Waals surface area contributed by atoms with E-state index in [0.717, 1.165) is 24.7 Å². The highest BCUT2D eigenvalue weighted by molar-refractivity contribution is 6.32. The number of carbonyl (C=O) groups is 2. The van der Waals surface area contributed by atoms with E-state index < -0.39 is 0 Å². The van der Waals surface area contributed by atoms with Crippen molar-refractivity contribution in [2.45, 2.75) is 26.7 Å². The van der Waals surface area contributed by atoms with E-state index in [1.807, 2.05) is 13.8 Å². The molecule has 0 aliphatic heterocycles. The van der Waals surface area contributed by atoms with E-state index in [1.54, 1.807) is 30.3 Å². The number of amides is 1. The zero-order valence-electron chi connectivity index (χ0n) is 15.4. The Morgan fingerprint density at radius 2 is 2.04 bits per heavy atom. The average molecular weight is 388 g/mol. The molecule has 3 rings (SSSR count). The first-order chi connectivity index (χ1) is 13.0. The van der Waals surface area contributed by atoms with Gasteiger partial charge in [0.15, 0.2) is 11.5 Å². The number of halogens is 1. The number of nitrogens with one attached hydrogen (secondary N) is 1. The number of ether oxygens (including phenoxy) is 2. The van der Waals surface area contributed by atoms with Crippen molar-refractivity contribution in [3.8, 4) is 11.5 Å². The van der Waals surface area contributed by atoms with Gasteiger partial charge in [-0.3, -0.25) is 9.59 Å². The number of carbonyl (C=O) groups excluding carboxylic acids is 2. The molecule has 1 amide bonds. The molecular formula is C21H22ClNO4. The van der Waals surface area contributed by atoms with E-state index in [9.17, 15) is 9.59 Å². The molecule has 2 aromatic rings. The van der Waals surface area contributed by atoms with Gasteiger partial charge in [-0.2, -0.15) is 0 Å². The van der Waals surface area contributed by atoms with Crippen molar-refractivity contribution in [1.29, 1.82) is 0 Å². The summed E-state index contributed by atoms with van der Waals surface area (Å²) in [6.07, 6.45) is 3.11. The van der Waals surface area contributed by atoms with Gasteiger partial charge in [-0.1, -0.05) is 11.6 Å². The van der Waals surface area contributed by atoms with Crippen molar-refractivity contribution in [3.05, 3.63) is 52.0 Å². The molecule has 1 N–H and O–H groups in total. The van der Waals surface area contributed by atoms with Crippen LogP contribution in [0.5, 0.6) is 11.5 Å². The van der Waals surface area contributed by atoms with Gasteiger partial charge >= 0.3 is 0 Å². The zero-order valence-corrected chi connectivity index (χ0v) is 16.1. The maximum atomic E-state index is 12.7. The lowest BCUT2D eigenvalue weighted by Gasteiger charge is -2.15. The fourth-order valence-electron chi connectivity index (χ4n) is 2.67. The molecule has 5 nitrogen and oxygen atoms in total. The minimum Gasteiger partial charge on any atom is -0.489 e. The van der Waals surface area contributed by atoms with Crippen molar-refractivity contribution < 1.29 is 19.1 Å². The van der Waals surface area contributed by atoms with Crippen LogP contribution in [0, 0.1) is 12.8 Å². The quantitative estimate of drug-likeness (QED) is 0.654. The van der Waals surface area contributed by atoms with Gasteiger partial charge < -0.3 is 14.8 Å². The van der Waals surface area contributed by atoms with Gasteiger partial charge in [-0.25, -0.2) is 0 Å². The summed E-state index contributed by atoms with van der Waals surface area (Å²) in [5, 5.41) is 3.16.